The molecule has 0 aliphatic rings. The van der Waals surface area contributed by atoms with Crippen molar-refractivity contribution in [2.24, 2.45) is 0 Å². The molecule has 76 valence electrons. The predicted molar refractivity (Wildman–Crippen MR) is 53.3 cm³/mol. The van der Waals surface area contributed by atoms with Crippen LogP contribution < -0.4 is 5.32 Å². The summed E-state index contributed by atoms with van der Waals surface area (Å²) in [5.41, 5.74) is 1.28. The number of hydrogen-bond acceptors (Lipinski definition) is 4. The highest BCUT2D eigenvalue weighted by Gasteiger charge is 2.08. The van der Waals surface area contributed by atoms with Gasteiger partial charge in [0.05, 0.1) is 11.8 Å². The number of aromatic amines is 1. The number of H-pyrrole nitrogens is 1. The molecule has 0 atom stereocenters. The minimum atomic E-state index is -0.261. The number of carbonyl (C=O) groups excluding carboxylic acids is 1. The summed E-state index contributed by atoms with van der Waals surface area (Å²) in [6, 6.07) is 0. The van der Waals surface area contributed by atoms with Crippen molar-refractivity contribution < 1.29 is 4.79 Å². The standard InChI is InChI=1S/C9H9N5O/c1-6-2-12-14-8(6)13-9(15)7-3-10-5-11-4-7/h2-5H,1H3,(H2,12,13,14,15). The third-order valence-electron chi connectivity index (χ3n) is 1.89. The third kappa shape index (κ3) is 1.98. The van der Waals surface area contributed by atoms with Crippen LogP contribution >= 0.6 is 0 Å². The zero-order valence-electron chi connectivity index (χ0n) is 8.06. The lowest BCUT2D eigenvalue weighted by Gasteiger charge is -2.02. The molecule has 2 aromatic heterocycles. The van der Waals surface area contributed by atoms with E-state index < -0.39 is 0 Å². The fourth-order valence-corrected chi connectivity index (χ4v) is 1.07. The van der Waals surface area contributed by atoms with Crippen LogP contribution in [-0.2, 0) is 0 Å². The van der Waals surface area contributed by atoms with Gasteiger partial charge in [0.2, 0.25) is 0 Å². The lowest BCUT2D eigenvalue weighted by Crippen LogP contribution is -2.13. The van der Waals surface area contributed by atoms with Gasteiger partial charge >= 0.3 is 0 Å². The van der Waals surface area contributed by atoms with E-state index in [9.17, 15) is 4.79 Å². The van der Waals surface area contributed by atoms with E-state index in [1.54, 1.807) is 6.20 Å². The van der Waals surface area contributed by atoms with Gasteiger partial charge in [0, 0.05) is 18.0 Å². The van der Waals surface area contributed by atoms with E-state index in [2.05, 4.69) is 25.5 Å². The first-order chi connectivity index (χ1) is 7.27. The van der Waals surface area contributed by atoms with Crippen molar-refractivity contribution in [1.82, 2.24) is 20.2 Å². The molecule has 0 aliphatic carbocycles. The highest BCUT2D eigenvalue weighted by molar-refractivity contribution is 6.03. The Hall–Kier alpha value is -2.24. The fraction of sp³-hybridized carbons (Fsp3) is 0.111. The molecule has 0 aliphatic heterocycles. The summed E-state index contributed by atoms with van der Waals surface area (Å²) in [5.74, 6) is 0.326. The highest BCUT2D eigenvalue weighted by atomic mass is 16.1. The molecule has 0 unspecified atom stereocenters. The lowest BCUT2D eigenvalue weighted by molar-refractivity contribution is 0.102. The predicted octanol–water partition coefficient (Wildman–Crippen LogP) is 0.760. The molecule has 0 radical (unpaired) electrons. The molecule has 6 nitrogen and oxygen atoms in total. The second kappa shape index (κ2) is 3.87. The Morgan fingerprint density at radius 2 is 2.07 bits per heavy atom. The topological polar surface area (TPSA) is 83.6 Å². The quantitative estimate of drug-likeness (QED) is 0.754. The van der Waals surface area contributed by atoms with Crippen LogP contribution in [0.5, 0.6) is 0 Å². The summed E-state index contributed by atoms with van der Waals surface area (Å²) < 4.78 is 0. The zero-order chi connectivity index (χ0) is 10.7. The van der Waals surface area contributed by atoms with Gasteiger partial charge in [0.25, 0.3) is 5.91 Å². The van der Waals surface area contributed by atoms with E-state index in [-0.39, 0.29) is 5.91 Å². The van der Waals surface area contributed by atoms with Crippen molar-refractivity contribution >= 4 is 11.7 Å². The van der Waals surface area contributed by atoms with Crippen molar-refractivity contribution in [2.75, 3.05) is 5.32 Å². The first-order valence-electron chi connectivity index (χ1n) is 4.33. The minimum Gasteiger partial charge on any atom is -0.307 e. The van der Waals surface area contributed by atoms with Gasteiger partial charge in [-0.25, -0.2) is 9.97 Å². The van der Waals surface area contributed by atoms with Crippen LogP contribution in [0.1, 0.15) is 15.9 Å². The van der Waals surface area contributed by atoms with Gasteiger partial charge < -0.3 is 5.32 Å². The van der Waals surface area contributed by atoms with Crippen LogP contribution in [0.3, 0.4) is 0 Å². The molecule has 0 spiro atoms. The van der Waals surface area contributed by atoms with Gasteiger partial charge in [-0.3, -0.25) is 9.89 Å². The first-order valence-corrected chi connectivity index (χ1v) is 4.33. The third-order valence-corrected chi connectivity index (χ3v) is 1.89. The van der Waals surface area contributed by atoms with E-state index in [1.165, 1.54) is 18.7 Å². The fourth-order valence-electron chi connectivity index (χ4n) is 1.07. The number of hydrogen-bond donors (Lipinski definition) is 2. The average Bonchev–Trinajstić information content (AvgIpc) is 2.66. The van der Waals surface area contributed by atoms with E-state index in [1.807, 2.05) is 6.92 Å². The van der Waals surface area contributed by atoms with Crippen molar-refractivity contribution in [3.63, 3.8) is 0 Å². The molecule has 6 heteroatoms. The molecular weight excluding hydrogens is 194 g/mol. The molecule has 0 bridgehead atoms. The molecule has 15 heavy (non-hydrogen) atoms. The van der Waals surface area contributed by atoms with Crippen LogP contribution in [0, 0.1) is 6.92 Å². The van der Waals surface area contributed by atoms with Crippen LogP contribution in [0.2, 0.25) is 0 Å². The van der Waals surface area contributed by atoms with Gasteiger partial charge in [-0.1, -0.05) is 0 Å². The molecule has 2 rings (SSSR count). The van der Waals surface area contributed by atoms with Crippen LogP contribution in [0.25, 0.3) is 0 Å². The number of carbonyl (C=O) groups is 1. The molecule has 2 N–H and O–H groups in total. The Balaban J connectivity index is 2.15. The summed E-state index contributed by atoms with van der Waals surface area (Å²) in [7, 11) is 0. The second-order valence-corrected chi connectivity index (χ2v) is 3.01. The van der Waals surface area contributed by atoms with E-state index in [0.29, 0.717) is 11.4 Å². The molecule has 0 aromatic carbocycles. The summed E-state index contributed by atoms with van der Waals surface area (Å²) in [5, 5.41) is 9.15. The Morgan fingerprint density at radius 3 is 2.67 bits per heavy atom. The summed E-state index contributed by atoms with van der Waals surface area (Å²) >= 11 is 0. The monoisotopic (exact) mass is 203 g/mol. The number of rotatable bonds is 2. The van der Waals surface area contributed by atoms with E-state index in [4.69, 9.17) is 0 Å². The Morgan fingerprint density at radius 1 is 1.33 bits per heavy atom. The number of aryl methyl sites for hydroxylation is 1. The van der Waals surface area contributed by atoms with E-state index in [0.717, 1.165) is 5.56 Å². The highest BCUT2D eigenvalue weighted by Crippen LogP contribution is 2.09. The lowest BCUT2D eigenvalue weighted by atomic mass is 10.3. The molecule has 0 fully saturated rings. The minimum absolute atomic E-state index is 0.261. The Bertz CT molecular complexity index is 464. The van der Waals surface area contributed by atoms with Crippen molar-refractivity contribution in [2.45, 2.75) is 6.92 Å². The number of amides is 1. The van der Waals surface area contributed by atoms with Crippen LogP contribution in [0.4, 0.5) is 5.82 Å². The summed E-state index contributed by atoms with van der Waals surface area (Å²) in [6.07, 6.45) is 5.91. The maximum absolute atomic E-state index is 11.6. The zero-order valence-corrected chi connectivity index (χ0v) is 8.06. The normalized spacial score (nSPS) is 9.93. The van der Waals surface area contributed by atoms with Crippen molar-refractivity contribution in [1.29, 1.82) is 0 Å². The molecule has 1 amide bonds. The van der Waals surface area contributed by atoms with Crippen molar-refractivity contribution in [3.8, 4) is 0 Å². The number of aromatic nitrogens is 4. The Kier molecular flexibility index (Phi) is 2.40. The van der Waals surface area contributed by atoms with Crippen LogP contribution in [0.15, 0.2) is 24.9 Å². The molecule has 0 saturated heterocycles. The van der Waals surface area contributed by atoms with E-state index >= 15 is 0 Å². The van der Waals surface area contributed by atoms with Crippen LogP contribution in [-0.4, -0.2) is 26.1 Å². The maximum Gasteiger partial charge on any atom is 0.259 e. The molecule has 0 saturated carbocycles. The molecule has 2 aromatic rings. The average molecular weight is 203 g/mol. The van der Waals surface area contributed by atoms with Gasteiger partial charge in [0.15, 0.2) is 0 Å². The Labute approximate surface area is 85.8 Å². The SMILES string of the molecule is Cc1cn[nH]c1NC(=O)c1cncnc1. The number of nitrogens with zero attached hydrogens (tertiary/aromatic N) is 3. The van der Waals surface area contributed by atoms with Gasteiger partial charge in [-0.2, -0.15) is 5.10 Å². The summed E-state index contributed by atoms with van der Waals surface area (Å²) in [4.78, 5) is 19.1. The smallest absolute Gasteiger partial charge is 0.259 e. The molecular formula is C9H9N5O. The maximum atomic E-state index is 11.6. The van der Waals surface area contributed by atoms with Gasteiger partial charge in [-0.05, 0) is 6.92 Å². The second-order valence-electron chi connectivity index (χ2n) is 3.01. The number of anilines is 1. The number of nitrogens with one attached hydrogen (secondary N) is 2. The summed E-state index contributed by atoms with van der Waals surface area (Å²) in [6.45, 7) is 1.85. The first kappa shape index (κ1) is 9.32. The molecule has 2 heterocycles. The van der Waals surface area contributed by atoms with Gasteiger partial charge in [0.1, 0.15) is 12.1 Å². The van der Waals surface area contributed by atoms with Gasteiger partial charge in [-0.15, -0.1) is 0 Å². The van der Waals surface area contributed by atoms with Crippen molar-refractivity contribution in [3.05, 3.63) is 36.0 Å². The largest absolute Gasteiger partial charge is 0.307 e.